The highest BCUT2D eigenvalue weighted by Crippen LogP contribution is 2.06. The molecule has 0 bridgehead atoms. The number of rotatable bonds is 1. The molecule has 3 nitrogen and oxygen atoms in total. The van der Waals surface area contributed by atoms with E-state index in [0.717, 1.165) is 5.56 Å². The maximum atomic E-state index is 4.88. The van der Waals surface area contributed by atoms with Gasteiger partial charge < -0.3 is 4.84 Å². The summed E-state index contributed by atoms with van der Waals surface area (Å²) in [4.78, 5) is 8.28. The molecule has 0 unspecified atom stereocenters. The van der Waals surface area contributed by atoms with Crippen molar-refractivity contribution in [3.8, 4) is 5.75 Å². The largest absolute Gasteiger partial charge is 0.410 e. The smallest absolute Gasteiger partial charge is 0.165 e. The molecule has 1 aromatic heterocycles. The molecule has 1 rings (SSSR count). The second kappa shape index (κ2) is 2.46. The molecule has 2 N–H and O–H groups in total. The first-order valence-corrected chi connectivity index (χ1v) is 2.61. The van der Waals surface area contributed by atoms with Gasteiger partial charge in [-0.2, -0.15) is 5.90 Å². The molecule has 48 valence electrons. The Morgan fingerprint density at radius 3 is 2.78 bits per heavy atom. The summed E-state index contributed by atoms with van der Waals surface area (Å²) in [5, 5.41) is 0. The zero-order valence-corrected chi connectivity index (χ0v) is 5.16. The monoisotopic (exact) mass is 124 g/mol. The third-order valence-electron chi connectivity index (χ3n) is 0.986. The highest BCUT2D eigenvalue weighted by molar-refractivity contribution is 5.21. The SMILES string of the molecule is Cc1cncc(ON)c1. The quantitative estimate of drug-likeness (QED) is 0.559. The van der Waals surface area contributed by atoms with Crippen LogP contribution in [0.4, 0.5) is 0 Å². The molecule has 1 heterocycles. The van der Waals surface area contributed by atoms with Crippen molar-refractivity contribution in [3.05, 3.63) is 24.0 Å². The third-order valence-corrected chi connectivity index (χ3v) is 0.986. The van der Waals surface area contributed by atoms with Gasteiger partial charge in [0.15, 0.2) is 5.75 Å². The van der Waals surface area contributed by atoms with Crippen molar-refractivity contribution < 1.29 is 4.84 Å². The summed E-state index contributed by atoms with van der Waals surface area (Å²) in [5.74, 6) is 5.47. The van der Waals surface area contributed by atoms with Crippen molar-refractivity contribution in [2.24, 2.45) is 5.90 Å². The van der Waals surface area contributed by atoms with Gasteiger partial charge in [-0.25, -0.2) is 0 Å². The van der Waals surface area contributed by atoms with Crippen LogP contribution >= 0.6 is 0 Å². The number of pyridine rings is 1. The molecule has 3 heteroatoms. The molecular weight excluding hydrogens is 116 g/mol. The fraction of sp³-hybridized carbons (Fsp3) is 0.167. The van der Waals surface area contributed by atoms with Crippen molar-refractivity contribution in [2.75, 3.05) is 0 Å². The number of nitrogens with zero attached hydrogens (tertiary/aromatic N) is 1. The molecule has 0 saturated heterocycles. The Balaban J connectivity index is 2.94. The van der Waals surface area contributed by atoms with Crippen molar-refractivity contribution in [3.63, 3.8) is 0 Å². The molecule has 1 aromatic rings. The molecular formula is C6H8N2O. The van der Waals surface area contributed by atoms with E-state index in [1.807, 2.05) is 13.0 Å². The van der Waals surface area contributed by atoms with Gasteiger partial charge in [-0.05, 0) is 18.6 Å². The number of hydrogen-bond donors (Lipinski definition) is 1. The molecule has 0 aliphatic carbocycles. The van der Waals surface area contributed by atoms with Crippen LogP contribution in [0.5, 0.6) is 5.75 Å². The number of aryl methyl sites for hydroxylation is 1. The van der Waals surface area contributed by atoms with Crippen LogP contribution < -0.4 is 10.7 Å². The summed E-state index contributed by atoms with van der Waals surface area (Å²) in [6.07, 6.45) is 3.30. The van der Waals surface area contributed by atoms with Gasteiger partial charge in [0.2, 0.25) is 0 Å². The zero-order valence-electron chi connectivity index (χ0n) is 5.16. The van der Waals surface area contributed by atoms with Gasteiger partial charge in [-0.1, -0.05) is 0 Å². The normalized spacial score (nSPS) is 9.11. The average molecular weight is 124 g/mol. The van der Waals surface area contributed by atoms with Gasteiger partial charge in [-0.3, -0.25) is 4.98 Å². The molecule has 0 spiro atoms. The van der Waals surface area contributed by atoms with Gasteiger partial charge in [0.1, 0.15) is 0 Å². The Morgan fingerprint density at radius 2 is 2.33 bits per heavy atom. The van der Waals surface area contributed by atoms with Crippen LogP contribution in [0.2, 0.25) is 0 Å². The molecule has 9 heavy (non-hydrogen) atoms. The summed E-state index contributed by atoms with van der Waals surface area (Å²) < 4.78 is 0. The predicted molar refractivity (Wildman–Crippen MR) is 33.8 cm³/mol. The van der Waals surface area contributed by atoms with Crippen molar-refractivity contribution in [1.29, 1.82) is 0 Å². The highest BCUT2D eigenvalue weighted by atomic mass is 16.6. The predicted octanol–water partition coefficient (Wildman–Crippen LogP) is 0.643. The standard InChI is InChI=1S/C6H8N2O/c1-5-2-6(9-7)4-8-3-5/h2-4H,7H2,1H3. The molecule has 0 aliphatic rings. The lowest BCUT2D eigenvalue weighted by Gasteiger charge is -1.95. The van der Waals surface area contributed by atoms with Crippen LogP contribution in [0.3, 0.4) is 0 Å². The maximum absolute atomic E-state index is 4.88. The van der Waals surface area contributed by atoms with E-state index >= 15 is 0 Å². The first kappa shape index (κ1) is 6.04. The Bertz CT molecular complexity index is 200. The molecule has 0 saturated carbocycles. The van der Waals surface area contributed by atoms with Gasteiger partial charge in [0.25, 0.3) is 0 Å². The van der Waals surface area contributed by atoms with Crippen LogP contribution in [0.1, 0.15) is 5.56 Å². The summed E-state index contributed by atoms with van der Waals surface area (Å²) in [6, 6.07) is 1.81. The summed E-state index contributed by atoms with van der Waals surface area (Å²) >= 11 is 0. The van der Waals surface area contributed by atoms with Crippen LogP contribution in [-0.2, 0) is 0 Å². The summed E-state index contributed by atoms with van der Waals surface area (Å²) in [6.45, 7) is 1.93. The Hall–Kier alpha value is -1.09. The summed E-state index contributed by atoms with van der Waals surface area (Å²) in [7, 11) is 0. The van der Waals surface area contributed by atoms with E-state index in [9.17, 15) is 0 Å². The second-order valence-electron chi connectivity index (χ2n) is 1.82. The van der Waals surface area contributed by atoms with E-state index < -0.39 is 0 Å². The minimum atomic E-state index is 0.593. The lowest BCUT2D eigenvalue weighted by Crippen LogP contribution is -2.01. The Kier molecular flexibility index (Phi) is 1.65. The zero-order chi connectivity index (χ0) is 6.69. The van der Waals surface area contributed by atoms with Gasteiger partial charge in [0, 0.05) is 6.20 Å². The lowest BCUT2D eigenvalue weighted by atomic mass is 10.3. The van der Waals surface area contributed by atoms with E-state index in [0.29, 0.717) is 5.75 Å². The number of aromatic nitrogens is 1. The minimum absolute atomic E-state index is 0.593. The second-order valence-corrected chi connectivity index (χ2v) is 1.82. The van der Waals surface area contributed by atoms with Crippen molar-refractivity contribution >= 4 is 0 Å². The van der Waals surface area contributed by atoms with E-state index in [-0.39, 0.29) is 0 Å². The van der Waals surface area contributed by atoms with Gasteiger partial charge in [-0.15, -0.1) is 0 Å². The minimum Gasteiger partial charge on any atom is -0.410 e. The lowest BCUT2D eigenvalue weighted by molar-refractivity contribution is 0.333. The van der Waals surface area contributed by atoms with Crippen molar-refractivity contribution in [2.45, 2.75) is 6.92 Å². The molecule has 0 fully saturated rings. The van der Waals surface area contributed by atoms with Gasteiger partial charge in [0.05, 0.1) is 6.20 Å². The third kappa shape index (κ3) is 1.40. The molecule has 0 aromatic carbocycles. The van der Waals surface area contributed by atoms with Crippen molar-refractivity contribution in [1.82, 2.24) is 4.98 Å². The van der Waals surface area contributed by atoms with Crippen LogP contribution in [-0.4, -0.2) is 4.98 Å². The van der Waals surface area contributed by atoms with E-state index in [1.54, 1.807) is 12.4 Å². The van der Waals surface area contributed by atoms with E-state index in [1.165, 1.54) is 0 Å². The molecule has 0 amide bonds. The average Bonchev–Trinajstić information content (AvgIpc) is 1.88. The first-order valence-electron chi connectivity index (χ1n) is 2.61. The fourth-order valence-corrected chi connectivity index (χ4v) is 0.592. The number of hydrogen-bond acceptors (Lipinski definition) is 3. The number of nitrogens with two attached hydrogens (primary N) is 1. The first-order chi connectivity index (χ1) is 4.33. The topological polar surface area (TPSA) is 48.1 Å². The molecule has 0 aliphatic heterocycles. The van der Waals surface area contributed by atoms with E-state index in [2.05, 4.69) is 9.82 Å². The fourth-order valence-electron chi connectivity index (χ4n) is 0.592. The molecule has 0 radical (unpaired) electrons. The molecule has 0 atom stereocenters. The van der Waals surface area contributed by atoms with Crippen LogP contribution in [0.15, 0.2) is 18.5 Å². The highest BCUT2D eigenvalue weighted by Gasteiger charge is 1.88. The summed E-state index contributed by atoms with van der Waals surface area (Å²) in [5.41, 5.74) is 1.04. The van der Waals surface area contributed by atoms with E-state index in [4.69, 9.17) is 5.90 Å². The van der Waals surface area contributed by atoms with Gasteiger partial charge >= 0.3 is 0 Å². The Morgan fingerprint density at radius 1 is 1.56 bits per heavy atom. The maximum Gasteiger partial charge on any atom is 0.165 e. The van der Waals surface area contributed by atoms with Crippen LogP contribution in [0, 0.1) is 6.92 Å². The Labute approximate surface area is 53.4 Å². The van der Waals surface area contributed by atoms with Crippen LogP contribution in [0.25, 0.3) is 0 Å².